The van der Waals surface area contributed by atoms with Crippen molar-refractivity contribution in [2.45, 2.75) is 19.9 Å². The van der Waals surface area contributed by atoms with E-state index in [9.17, 15) is 0 Å². The second-order valence-corrected chi connectivity index (χ2v) is 5.03. The first kappa shape index (κ1) is 12.6. The number of hydrogen-bond donors (Lipinski definition) is 1. The first-order chi connectivity index (χ1) is 8.02. The fraction of sp³-hybridized carbons (Fsp3) is 0.273. The van der Waals surface area contributed by atoms with Crippen molar-refractivity contribution in [3.8, 4) is 0 Å². The Labute approximate surface area is 115 Å². The molecule has 2 N–H and O–H groups in total. The van der Waals surface area contributed by atoms with Gasteiger partial charge >= 0.3 is 0 Å². The summed E-state index contributed by atoms with van der Waals surface area (Å²) in [6.45, 7) is 2.49. The predicted octanol–water partition coefficient (Wildman–Crippen LogP) is 3.19. The van der Waals surface area contributed by atoms with Crippen LogP contribution in [0.15, 0.2) is 12.1 Å². The van der Waals surface area contributed by atoms with Gasteiger partial charge in [0.15, 0.2) is 0 Å². The Hall–Kier alpha value is -0.840. The lowest BCUT2D eigenvalue weighted by Crippen LogP contribution is -2.18. The van der Waals surface area contributed by atoms with Gasteiger partial charge in [0.25, 0.3) is 0 Å². The van der Waals surface area contributed by atoms with E-state index in [1.165, 1.54) is 0 Å². The molecule has 0 spiro atoms. The van der Waals surface area contributed by atoms with Gasteiger partial charge in [0.05, 0.1) is 32.6 Å². The number of rotatable bonds is 3. The summed E-state index contributed by atoms with van der Waals surface area (Å²) in [5.74, 6) is 0.922. The molecule has 2 aromatic rings. The van der Waals surface area contributed by atoms with Gasteiger partial charge in [0.2, 0.25) is 0 Å². The van der Waals surface area contributed by atoms with Crippen molar-refractivity contribution >= 4 is 51.4 Å². The standard InChI is InChI=1S/C11H11Cl2N3S/c1-2-11-15-8-3-6(12)7(13)4-9(8)16(11)5-10(14)17/h3-4H,2,5H2,1H3,(H2,14,17). The van der Waals surface area contributed by atoms with Crippen LogP contribution in [0.25, 0.3) is 11.0 Å². The van der Waals surface area contributed by atoms with Gasteiger partial charge in [-0.1, -0.05) is 42.3 Å². The van der Waals surface area contributed by atoms with E-state index in [1.807, 2.05) is 11.5 Å². The van der Waals surface area contributed by atoms with Crippen LogP contribution in [0, 0.1) is 0 Å². The lowest BCUT2D eigenvalue weighted by molar-refractivity contribution is 0.792. The molecule has 0 saturated heterocycles. The summed E-state index contributed by atoms with van der Waals surface area (Å²) in [7, 11) is 0. The van der Waals surface area contributed by atoms with Crippen molar-refractivity contribution in [2.24, 2.45) is 5.73 Å². The molecule has 6 heteroatoms. The van der Waals surface area contributed by atoms with E-state index >= 15 is 0 Å². The van der Waals surface area contributed by atoms with Gasteiger partial charge in [0.1, 0.15) is 5.82 Å². The molecule has 0 aliphatic carbocycles. The zero-order valence-corrected chi connectivity index (χ0v) is 11.5. The first-order valence-electron chi connectivity index (χ1n) is 5.15. The molecule has 2 rings (SSSR count). The minimum Gasteiger partial charge on any atom is -0.392 e. The zero-order valence-electron chi connectivity index (χ0n) is 9.20. The maximum absolute atomic E-state index is 6.01. The van der Waals surface area contributed by atoms with Gasteiger partial charge in [-0.25, -0.2) is 4.98 Å². The molecule has 0 amide bonds. The van der Waals surface area contributed by atoms with Crippen molar-refractivity contribution in [1.29, 1.82) is 0 Å². The quantitative estimate of drug-likeness (QED) is 0.882. The zero-order chi connectivity index (χ0) is 12.6. The van der Waals surface area contributed by atoms with Crippen LogP contribution in [0.4, 0.5) is 0 Å². The van der Waals surface area contributed by atoms with Gasteiger partial charge in [-0.05, 0) is 12.1 Å². The smallest absolute Gasteiger partial charge is 0.109 e. The minimum absolute atomic E-state index is 0.421. The number of nitrogens with two attached hydrogens (primary N) is 1. The van der Waals surface area contributed by atoms with E-state index in [2.05, 4.69) is 4.98 Å². The van der Waals surface area contributed by atoms with Gasteiger partial charge in [0, 0.05) is 6.42 Å². The highest BCUT2D eigenvalue weighted by atomic mass is 35.5. The number of halogens is 2. The van der Waals surface area contributed by atoms with E-state index in [1.54, 1.807) is 12.1 Å². The van der Waals surface area contributed by atoms with Crippen LogP contribution in [0.3, 0.4) is 0 Å². The number of benzene rings is 1. The molecule has 17 heavy (non-hydrogen) atoms. The summed E-state index contributed by atoms with van der Waals surface area (Å²) in [6, 6.07) is 3.55. The molecule has 0 saturated carbocycles. The summed E-state index contributed by atoms with van der Waals surface area (Å²) >= 11 is 16.9. The molecule has 90 valence electrons. The highest BCUT2D eigenvalue weighted by Gasteiger charge is 2.12. The molecule has 0 fully saturated rings. The highest BCUT2D eigenvalue weighted by Crippen LogP contribution is 2.28. The molecule has 0 bridgehead atoms. The van der Waals surface area contributed by atoms with Crippen molar-refractivity contribution in [3.63, 3.8) is 0 Å². The van der Waals surface area contributed by atoms with Crippen LogP contribution in [0.5, 0.6) is 0 Å². The molecular formula is C11H11Cl2N3S. The van der Waals surface area contributed by atoms with Crippen LogP contribution >= 0.6 is 35.4 Å². The SMILES string of the molecule is CCc1nc2cc(Cl)c(Cl)cc2n1CC(N)=S. The van der Waals surface area contributed by atoms with Crippen LogP contribution in [-0.2, 0) is 13.0 Å². The molecule has 1 aromatic carbocycles. The van der Waals surface area contributed by atoms with Gasteiger partial charge in [-0.2, -0.15) is 0 Å². The summed E-state index contributed by atoms with van der Waals surface area (Å²) in [5, 5.41) is 1.01. The highest BCUT2D eigenvalue weighted by molar-refractivity contribution is 7.80. The van der Waals surface area contributed by atoms with Crippen LogP contribution in [-0.4, -0.2) is 14.5 Å². The lowest BCUT2D eigenvalue weighted by atomic mass is 10.3. The van der Waals surface area contributed by atoms with Gasteiger partial charge < -0.3 is 10.3 Å². The average molecular weight is 288 g/mol. The number of aromatic nitrogens is 2. The van der Waals surface area contributed by atoms with E-state index in [0.29, 0.717) is 21.6 Å². The second kappa shape index (κ2) is 4.80. The van der Waals surface area contributed by atoms with Crippen molar-refractivity contribution in [2.75, 3.05) is 0 Å². The maximum atomic E-state index is 6.01. The number of thiocarbonyl (C=S) groups is 1. The number of imidazole rings is 1. The summed E-state index contributed by atoms with van der Waals surface area (Å²) in [5.41, 5.74) is 7.31. The molecule has 0 aliphatic heterocycles. The molecular weight excluding hydrogens is 277 g/mol. The number of fused-ring (bicyclic) bond motifs is 1. The third-order valence-electron chi connectivity index (χ3n) is 2.50. The van der Waals surface area contributed by atoms with Crippen LogP contribution in [0.2, 0.25) is 10.0 Å². The fourth-order valence-electron chi connectivity index (χ4n) is 1.77. The number of aryl methyl sites for hydroxylation is 1. The van der Waals surface area contributed by atoms with Crippen molar-refractivity contribution in [1.82, 2.24) is 9.55 Å². The molecule has 1 heterocycles. The molecule has 0 radical (unpaired) electrons. The van der Waals surface area contributed by atoms with Gasteiger partial charge in [-0.3, -0.25) is 0 Å². The van der Waals surface area contributed by atoms with E-state index in [0.717, 1.165) is 23.3 Å². The van der Waals surface area contributed by atoms with Crippen molar-refractivity contribution < 1.29 is 0 Å². The predicted molar refractivity (Wildman–Crippen MR) is 75.9 cm³/mol. The normalized spacial score (nSPS) is 11.0. The molecule has 0 atom stereocenters. The Morgan fingerprint density at radius 2 is 2.06 bits per heavy atom. The third kappa shape index (κ3) is 2.39. The maximum Gasteiger partial charge on any atom is 0.109 e. The Kier molecular flexibility index (Phi) is 3.56. The Morgan fingerprint density at radius 1 is 1.41 bits per heavy atom. The molecule has 0 unspecified atom stereocenters. The van der Waals surface area contributed by atoms with E-state index in [-0.39, 0.29) is 0 Å². The lowest BCUT2D eigenvalue weighted by Gasteiger charge is -2.06. The summed E-state index contributed by atoms with van der Waals surface area (Å²) in [4.78, 5) is 4.91. The van der Waals surface area contributed by atoms with Crippen LogP contribution in [0.1, 0.15) is 12.7 Å². The minimum atomic E-state index is 0.421. The van der Waals surface area contributed by atoms with E-state index < -0.39 is 0 Å². The topological polar surface area (TPSA) is 43.8 Å². The molecule has 1 aromatic heterocycles. The Balaban J connectivity index is 2.69. The second-order valence-electron chi connectivity index (χ2n) is 3.69. The monoisotopic (exact) mass is 287 g/mol. The average Bonchev–Trinajstić information content (AvgIpc) is 2.57. The Morgan fingerprint density at radius 3 is 2.65 bits per heavy atom. The number of hydrogen-bond acceptors (Lipinski definition) is 2. The van der Waals surface area contributed by atoms with Crippen molar-refractivity contribution in [3.05, 3.63) is 28.0 Å². The molecule has 0 aliphatic rings. The Bertz CT molecular complexity index is 592. The van der Waals surface area contributed by atoms with Crippen LogP contribution < -0.4 is 5.73 Å². The number of nitrogens with zero attached hydrogens (tertiary/aromatic N) is 2. The first-order valence-corrected chi connectivity index (χ1v) is 6.31. The largest absolute Gasteiger partial charge is 0.392 e. The van der Waals surface area contributed by atoms with Gasteiger partial charge in [-0.15, -0.1) is 0 Å². The summed E-state index contributed by atoms with van der Waals surface area (Å²) < 4.78 is 1.97. The molecule has 3 nitrogen and oxygen atoms in total. The fourth-order valence-corrected chi connectivity index (χ4v) is 2.22. The van der Waals surface area contributed by atoms with E-state index in [4.69, 9.17) is 41.2 Å². The third-order valence-corrected chi connectivity index (χ3v) is 3.35. The summed E-state index contributed by atoms with van der Waals surface area (Å²) in [6.07, 6.45) is 0.798.